The Kier molecular flexibility index (Phi) is 11.8. The van der Waals surface area contributed by atoms with Crippen molar-refractivity contribution in [2.75, 3.05) is 18.0 Å². The van der Waals surface area contributed by atoms with Crippen LogP contribution in [0.1, 0.15) is 48.1 Å². The largest absolute Gasteiger partial charge is 0.497 e. The van der Waals surface area contributed by atoms with Crippen molar-refractivity contribution in [2.24, 2.45) is 0 Å². The molecule has 0 aliphatic carbocycles. The lowest BCUT2D eigenvalue weighted by Crippen LogP contribution is -2.54. The first-order valence-electron chi connectivity index (χ1n) is 15.9. The summed E-state index contributed by atoms with van der Waals surface area (Å²) < 4.78 is 35.3. The highest BCUT2D eigenvalue weighted by Gasteiger charge is 2.35. The second kappa shape index (κ2) is 15.8. The highest BCUT2D eigenvalue weighted by molar-refractivity contribution is 7.92. The third kappa shape index (κ3) is 9.01. The fourth-order valence-electron chi connectivity index (χ4n) is 5.40. The van der Waals surface area contributed by atoms with Crippen LogP contribution >= 0.6 is 0 Å². The zero-order valence-electron chi connectivity index (χ0n) is 28.1. The van der Waals surface area contributed by atoms with Gasteiger partial charge in [-0.15, -0.1) is 0 Å². The maximum absolute atomic E-state index is 14.7. The Hall–Kier alpha value is -4.63. The van der Waals surface area contributed by atoms with Crippen molar-refractivity contribution >= 4 is 27.5 Å². The Bertz CT molecular complexity index is 1780. The van der Waals surface area contributed by atoms with E-state index in [9.17, 15) is 18.0 Å². The Morgan fingerprint density at radius 2 is 1.49 bits per heavy atom. The second-order valence-electron chi connectivity index (χ2n) is 12.0. The molecule has 2 atom stereocenters. The summed E-state index contributed by atoms with van der Waals surface area (Å²) in [5.41, 5.74) is 4.61. The van der Waals surface area contributed by atoms with Gasteiger partial charge in [-0.05, 0) is 81.1 Å². The molecular weight excluding hydrogens is 611 g/mol. The molecule has 4 aromatic rings. The molecular formula is C38H45N3O5S. The van der Waals surface area contributed by atoms with Crippen LogP contribution in [-0.2, 0) is 32.6 Å². The number of ether oxygens (including phenoxy) is 1. The SMILES string of the molecule is CC[C@@H](C)NC(=O)[C@H](Cc1ccccc1)N(Cc1cccc(OC)c1)C(=O)CN(c1ccc(C)cc1C)S(=O)(=O)c1ccc(C)cc1. The van der Waals surface area contributed by atoms with Gasteiger partial charge >= 0.3 is 0 Å². The van der Waals surface area contributed by atoms with Gasteiger partial charge in [-0.3, -0.25) is 13.9 Å². The average Bonchev–Trinajstić information content (AvgIpc) is 3.06. The number of anilines is 1. The number of methoxy groups -OCH3 is 1. The van der Waals surface area contributed by atoms with E-state index in [0.717, 1.165) is 22.3 Å². The predicted octanol–water partition coefficient (Wildman–Crippen LogP) is 6.37. The smallest absolute Gasteiger partial charge is 0.264 e. The topological polar surface area (TPSA) is 96.0 Å². The number of rotatable bonds is 14. The number of hydrogen-bond donors (Lipinski definition) is 1. The molecule has 0 unspecified atom stereocenters. The minimum Gasteiger partial charge on any atom is -0.497 e. The number of hydrogen-bond acceptors (Lipinski definition) is 5. The highest BCUT2D eigenvalue weighted by Crippen LogP contribution is 2.29. The molecule has 0 bridgehead atoms. The monoisotopic (exact) mass is 655 g/mol. The molecule has 47 heavy (non-hydrogen) atoms. The van der Waals surface area contributed by atoms with Gasteiger partial charge in [-0.1, -0.05) is 84.8 Å². The number of aryl methyl sites for hydroxylation is 3. The normalized spacial score (nSPS) is 12.6. The Labute approximate surface area is 279 Å². The third-order valence-electron chi connectivity index (χ3n) is 8.27. The zero-order valence-corrected chi connectivity index (χ0v) is 28.9. The summed E-state index contributed by atoms with van der Waals surface area (Å²) in [5.74, 6) is -0.208. The molecule has 0 spiro atoms. The van der Waals surface area contributed by atoms with Crippen LogP contribution in [-0.4, -0.2) is 50.9 Å². The maximum Gasteiger partial charge on any atom is 0.264 e. The third-order valence-corrected chi connectivity index (χ3v) is 10.0. The number of nitrogens with one attached hydrogen (secondary N) is 1. The minimum atomic E-state index is -4.18. The van der Waals surface area contributed by atoms with Crippen LogP contribution in [0.4, 0.5) is 5.69 Å². The molecule has 4 rings (SSSR count). The van der Waals surface area contributed by atoms with E-state index in [2.05, 4.69) is 5.32 Å². The van der Waals surface area contributed by atoms with Crippen molar-refractivity contribution in [2.45, 2.75) is 71.0 Å². The van der Waals surface area contributed by atoms with E-state index in [1.807, 2.05) is 101 Å². The van der Waals surface area contributed by atoms with E-state index in [0.29, 0.717) is 23.4 Å². The molecule has 0 radical (unpaired) electrons. The fraction of sp³-hybridized carbons (Fsp3) is 0.316. The molecule has 0 saturated heterocycles. The van der Waals surface area contributed by atoms with Gasteiger partial charge in [-0.2, -0.15) is 0 Å². The second-order valence-corrected chi connectivity index (χ2v) is 13.9. The molecule has 8 nitrogen and oxygen atoms in total. The molecule has 0 aliphatic rings. The van der Waals surface area contributed by atoms with Crippen LogP contribution < -0.4 is 14.4 Å². The number of amides is 2. The Morgan fingerprint density at radius 3 is 2.13 bits per heavy atom. The van der Waals surface area contributed by atoms with Gasteiger partial charge in [0.15, 0.2) is 0 Å². The summed E-state index contributed by atoms with van der Waals surface area (Å²) in [6, 6.07) is 27.8. The summed E-state index contributed by atoms with van der Waals surface area (Å²) in [6.45, 7) is 9.10. The van der Waals surface area contributed by atoms with Gasteiger partial charge in [0.2, 0.25) is 11.8 Å². The average molecular weight is 656 g/mol. The van der Waals surface area contributed by atoms with Crippen LogP contribution in [0.2, 0.25) is 0 Å². The van der Waals surface area contributed by atoms with E-state index >= 15 is 0 Å². The van der Waals surface area contributed by atoms with E-state index in [1.165, 1.54) is 9.21 Å². The molecule has 248 valence electrons. The molecule has 1 N–H and O–H groups in total. The number of sulfonamides is 1. The molecule has 4 aromatic carbocycles. The first kappa shape index (κ1) is 35.2. The van der Waals surface area contributed by atoms with E-state index < -0.39 is 28.5 Å². The van der Waals surface area contributed by atoms with Crippen LogP contribution in [0.15, 0.2) is 102 Å². The van der Waals surface area contributed by atoms with Crippen molar-refractivity contribution in [3.05, 3.63) is 125 Å². The van der Waals surface area contributed by atoms with E-state index in [1.54, 1.807) is 37.4 Å². The predicted molar refractivity (Wildman–Crippen MR) is 187 cm³/mol. The molecule has 0 aliphatic heterocycles. The van der Waals surface area contributed by atoms with Crippen molar-refractivity contribution < 1.29 is 22.7 Å². The number of nitrogens with zero attached hydrogens (tertiary/aromatic N) is 2. The van der Waals surface area contributed by atoms with Gasteiger partial charge < -0.3 is 15.0 Å². The van der Waals surface area contributed by atoms with Crippen LogP contribution in [0.25, 0.3) is 0 Å². The van der Waals surface area contributed by atoms with Crippen molar-refractivity contribution in [1.29, 1.82) is 0 Å². The van der Waals surface area contributed by atoms with Gasteiger partial charge in [-0.25, -0.2) is 8.42 Å². The summed E-state index contributed by atoms with van der Waals surface area (Å²) in [6.07, 6.45) is 0.954. The summed E-state index contributed by atoms with van der Waals surface area (Å²) in [7, 11) is -2.61. The molecule has 2 amide bonds. The van der Waals surface area contributed by atoms with Crippen LogP contribution in [0, 0.1) is 20.8 Å². The van der Waals surface area contributed by atoms with E-state index in [4.69, 9.17) is 4.74 Å². The van der Waals surface area contributed by atoms with E-state index in [-0.39, 0.29) is 29.8 Å². The lowest BCUT2D eigenvalue weighted by atomic mass is 10.0. The Morgan fingerprint density at radius 1 is 0.830 bits per heavy atom. The molecule has 0 aromatic heterocycles. The molecule has 0 fully saturated rings. The first-order chi connectivity index (χ1) is 22.4. The lowest BCUT2D eigenvalue weighted by molar-refractivity contribution is -0.140. The number of carbonyl (C=O) groups is 2. The fourth-order valence-corrected chi connectivity index (χ4v) is 6.88. The van der Waals surface area contributed by atoms with Gasteiger partial charge in [0.25, 0.3) is 10.0 Å². The quantitative estimate of drug-likeness (QED) is 0.170. The molecule has 9 heteroatoms. The number of benzene rings is 4. The Balaban J connectivity index is 1.84. The van der Waals surface area contributed by atoms with Crippen LogP contribution in [0.5, 0.6) is 5.75 Å². The van der Waals surface area contributed by atoms with Gasteiger partial charge in [0.05, 0.1) is 17.7 Å². The minimum absolute atomic E-state index is 0.0623. The van der Waals surface area contributed by atoms with Gasteiger partial charge in [0.1, 0.15) is 18.3 Å². The van der Waals surface area contributed by atoms with Gasteiger partial charge in [0, 0.05) is 19.0 Å². The van der Waals surface area contributed by atoms with Crippen molar-refractivity contribution in [1.82, 2.24) is 10.2 Å². The summed E-state index contributed by atoms with van der Waals surface area (Å²) >= 11 is 0. The lowest BCUT2D eigenvalue weighted by Gasteiger charge is -2.34. The number of carbonyl (C=O) groups excluding carboxylic acids is 2. The standard InChI is InChI=1S/C38H45N3O5S/c1-7-30(5)39-38(43)36(24-31-12-9-8-10-13-31)40(25-32-14-11-15-33(23-32)46-6)37(42)26-41(35-21-18-28(3)22-29(35)4)47(44,45)34-19-16-27(2)17-20-34/h8-23,30,36H,7,24-26H2,1-6H3,(H,39,43)/t30-,36+/m1/s1. The van der Waals surface area contributed by atoms with Crippen LogP contribution in [0.3, 0.4) is 0 Å². The zero-order chi connectivity index (χ0) is 34.1. The maximum atomic E-state index is 14.7. The summed E-state index contributed by atoms with van der Waals surface area (Å²) in [5, 5.41) is 3.07. The summed E-state index contributed by atoms with van der Waals surface area (Å²) in [4.78, 5) is 30.3. The van der Waals surface area contributed by atoms with Crippen molar-refractivity contribution in [3.8, 4) is 5.75 Å². The highest BCUT2D eigenvalue weighted by atomic mass is 32.2. The van der Waals surface area contributed by atoms with Crippen molar-refractivity contribution in [3.63, 3.8) is 0 Å². The molecule has 0 heterocycles. The molecule has 0 saturated carbocycles. The first-order valence-corrected chi connectivity index (χ1v) is 17.3.